The van der Waals surface area contributed by atoms with Gasteiger partial charge in [0.15, 0.2) is 5.13 Å². The van der Waals surface area contributed by atoms with Gasteiger partial charge in [-0.25, -0.2) is 9.78 Å². The Morgan fingerprint density at radius 1 is 1.72 bits per heavy atom. The summed E-state index contributed by atoms with van der Waals surface area (Å²) in [6.45, 7) is 5.37. The molecular formula is C12H19N3O2S. The maximum atomic E-state index is 11.3. The number of carbonyl (C=O) groups is 1. The van der Waals surface area contributed by atoms with Gasteiger partial charge in [-0.3, -0.25) is 4.90 Å². The number of rotatable bonds is 5. The number of hydrogen-bond acceptors (Lipinski definition) is 6. The molecule has 1 fully saturated rings. The molecule has 1 saturated heterocycles. The zero-order valence-corrected chi connectivity index (χ0v) is 11.6. The number of esters is 1. The molecule has 0 amide bonds. The summed E-state index contributed by atoms with van der Waals surface area (Å²) in [5, 5.41) is 4.10. The first-order chi connectivity index (χ1) is 8.74. The molecule has 5 nitrogen and oxygen atoms in total. The fraction of sp³-hybridized carbons (Fsp3) is 0.667. The summed E-state index contributed by atoms with van der Waals surface area (Å²) in [5.41, 5.74) is 0. The molecule has 0 radical (unpaired) electrons. The maximum Gasteiger partial charge on any atom is 0.349 e. The number of methoxy groups -OCH3 is 1. The summed E-state index contributed by atoms with van der Waals surface area (Å²) < 4.78 is 4.66. The normalized spacial score (nSPS) is 20.0. The molecule has 0 spiro atoms. The van der Waals surface area contributed by atoms with Crippen LogP contribution in [0.2, 0.25) is 0 Å². The second-order valence-electron chi connectivity index (χ2n) is 4.33. The standard InChI is InChI=1S/C12H19N3O2S/c1-3-15-6-4-5-9(15)7-13-12-14-8-10(18-12)11(16)17-2/h8-9H,3-7H2,1-2H3,(H,13,14). The Balaban J connectivity index is 1.86. The SMILES string of the molecule is CCN1CCCC1CNc1ncc(C(=O)OC)s1. The Morgan fingerprint density at radius 3 is 3.28 bits per heavy atom. The van der Waals surface area contributed by atoms with Crippen molar-refractivity contribution < 1.29 is 9.53 Å². The van der Waals surface area contributed by atoms with E-state index in [0.717, 1.165) is 18.2 Å². The number of likely N-dealkylation sites (N-methyl/N-ethyl adjacent to an activating group) is 1. The quantitative estimate of drug-likeness (QED) is 0.826. The maximum absolute atomic E-state index is 11.3. The molecule has 0 saturated carbocycles. The van der Waals surface area contributed by atoms with Gasteiger partial charge in [-0.15, -0.1) is 0 Å². The summed E-state index contributed by atoms with van der Waals surface area (Å²) in [7, 11) is 1.38. The van der Waals surface area contributed by atoms with Gasteiger partial charge in [0.05, 0.1) is 13.3 Å². The van der Waals surface area contributed by atoms with Crippen molar-refractivity contribution in [2.45, 2.75) is 25.8 Å². The van der Waals surface area contributed by atoms with Crippen LogP contribution in [0.1, 0.15) is 29.4 Å². The average Bonchev–Trinajstić information content (AvgIpc) is 3.03. The predicted octanol–water partition coefficient (Wildman–Crippen LogP) is 1.83. The van der Waals surface area contributed by atoms with Crippen molar-refractivity contribution in [2.75, 3.05) is 32.1 Å². The summed E-state index contributed by atoms with van der Waals surface area (Å²) in [6, 6.07) is 0.584. The molecule has 1 aromatic rings. The predicted molar refractivity (Wildman–Crippen MR) is 72.2 cm³/mol. The Kier molecular flexibility index (Phi) is 4.54. The lowest BCUT2D eigenvalue weighted by molar-refractivity contribution is 0.0606. The Morgan fingerprint density at radius 2 is 2.56 bits per heavy atom. The van der Waals surface area contributed by atoms with Gasteiger partial charge in [0.2, 0.25) is 0 Å². The number of thiazole rings is 1. The largest absolute Gasteiger partial charge is 0.465 e. The second kappa shape index (κ2) is 6.15. The average molecular weight is 269 g/mol. The Hall–Kier alpha value is -1.14. The van der Waals surface area contributed by atoms with Crippen LogP contribution in [0, 0.1) is 0 Å². The number of carbonyl (C=O) groups excluding carboxylic acids is 1. The monoisotopic (exact) mass is 269 g/mol. The molecule has 1 unspecified atom stereocenters. The number of hydrogen-bond donors (Lipinski definition) is 1. The summed E-state index contributed by atoms with van der Waals surface area (Å²) in [6.07, 6.45) is 4.06. The van der Waals surface area contributed by atoms with E-state index >= 15 is 0 Å². The lowest BCUT2D eigenvalue weighted by Crippen LogP contribution is -2.34. The molecular weight excluding hydrogens is 250 g/mol. The first-order valence-electron chi connectivity index (χ1n) is 6.26. The van der Waals surface area contributed by atoms with Crippen molar-refractivity contribution in [3.8, 4) is 0 Å². The molecule has 1 aliphatic rings. The van der Waals surface area contributed by atoms with E-state index in [2.05, 4.69) is 26.9 Å². The third kappa shape index (κ3) is 3.00. The van der Waals surface area contributed by atoms with Crippen LogP contribution in [-0.4, -0.2) is 48.6 Å². The van der Waals surface area contributed by atoms with Gasteiger partial charge in [0.1, 0.15) is 4.88 Å². The van der Waals surface area contributed by atoms with Crippen molar-refractivity contribution >= 4 is 22.4 Å². The molecule has 0 bridgehead atoms. The van der Waals surface area contributed by atoms with E-state index in [1.165, 1.54) is 37.8 Å². The van der Waals surface area contributed by atoms with Crippen LogP contribution in [0.25, 0.3) is 0 Å². The highest BCUT2D eigenvalue weighted by atomic mass is 32.1. The van der Waals surface area contributed by atoms with Crippen LogP contribution in [0.3, 0.4) is 0 Å². The topological polar surface area (TPSA) is 54.5 Å². The lowest BCUT2D eigenvalue weighted by Gasteiger charge is -2.22. The van der Waals surface area contributed by atoms with Gasteiger partial charge >= 0.3 is 5.97 Å². The second-order valence-corrected chi connectivity index (χ2v) is 5.36. The van der Waals surface area contributed by atoms with E-state index in [9.17, 15) is 4.79 Å². The molecule has 1 aliphatic heterocycles. The minimum absolute atomic E-state index is 0.323. The molecule has 1 atom stereocenters. The van der Waals surface area contributed by atoms with E-state index < -0.39 is 0 Å². The van der Waals surface area contributed by atoms with Crippen LogP contribution in [0.15, 0.2) is 6.20 Å². The molecule has 6 heteroatoms. The minimum Gasteiger partial charge on any atom is -0.465 e. The molecule has 100 valence electrons. The van der Waals surface area contributed by atoms with Gasteiger partial charge in [0, 0.05) is 12.6 Å². The fourth-order valence-corrected chi connectivity index (χ4v) is 3.04. The van der Waals surface area contributed by atoms with Crippen molar-refractivity contribution in [1.29, 1.82) is 0 Å². The number of likely N-dealkylation sites (tertiary alicyclic amines) is 1. The number of nitrogens with one attached hydrogen (secondary N) is 1. The number of aromatic nitrogens is 1. The van der Waals surface area contributed by atoms with Crippen LogP contribution < -0.4 is 5.32 Å². The fourth-order valence-electron chi connectivity index (χ4n) is 2.30. The van der Waals surface area contributed by atoms with Gasteiger partial charge in [-0.05, 0) is 25.9 Å². The zero-order valence-electron chi connectivity index (χ0n) is 10.8. The molecule has 18 heavy (non-hydrogen) atoms. The minimum atomic E-state index is -0.323. The Labute approximate surface area is 111 Å². The molecule has 2 rings (SSSR count). The van der Waals surface area contributed by atoms with E-state index in [1.807, 2.05) is 0 Å². The van der Waals surface area contributed by atoms with Crippen molar-refractivity contribution in [2.24, 2.45) is 0 Å². The Bertz CT molecular complexity index is 408. The van der Waals surface area contributed by atoms with E-state index in [4.69, 9.17) is 0 Å². The van der Waals surface area contributed by atoms with Gasteiger partial charge < -0.3 is 10.1 Å². The molecule has 2 heterocycles. The molecule has 1 N–H and O–H groups in total. The molecule has 1 aromatic heterocycles. The lowest BCUT2D eigenvalue weighted by atomic mass is 10.2. The van der Waals surface area contributed by atoms with Crippen molar-refractivity contribution in [1.82, 2.24) is 9.88 Å². The van der Waals surface area contributed by atoms with Gasteiger partial charge in [-0.1, -0.05) is 18.3 Å². The van der Waals surface area contributed by atoms with Crippen molar-refractivity contribution in [3.05, 3.63) is 11.1 Å². The summed E-state index contributed by atoms with van der Waals surface area (Å²) in [5.74, 6) is -0.323. The van der Waals surface area contributed by atoms with E-state index in [1.54, 1.807) is 6.20 Å². The first kappa shape index (κ1) is 13.3. The number of ether oxygens (including phenoxy) is 1. The van der Waals surface area contributed by atoms with Crippen LogP contribution in [0.4, 0.5) is 5.13 Å². The number of anilines is 1. The highest BCUT2D eigenvalue weighted by Crippen LogP contribution is 2.21. The van der Waals surface area contributed by atoms with Gasteiger partial charge in [-0.2, -0.15) is 0 Å². The van der Waals surface area contributed by atoms with E-state index in [0.29, 0.717) is 10.9 Å². The van der Waals surface area contributed by atoms with Crippen molar-refractivity contribution in [3.63, 3.8) is 0 Å². The number of nitrogens with zero attached hydrogens (tertiary/aromatic N) is 2. The summed E-state index contributed by atoms with van der Waals surface area (Å²) >= 11 is 1.34. The smallest absolute Gasteiger partial charge is 0.349 e. The summed E-state index contributed by atoms with van der Waals surface area (Å²) in [4.78, 5) is 18.5. The first-order valence-corrected chi connectivity index (χ1v) is 7.08. The van der Waals surface area contributed by atoms with Gasteiger partial charge in [0.25, 0.3) is 0 Å². The van der Waals surface area contributed by atoms with Crippen LogP contribution >= 0.6 is 11.3 Å². The van der Waals surface area contributed by atoms with Crippen LogP contribution in [0.5, 0.6) is 0 Å². The zero-order chi connectivity index (χ0) is 13.0. The van der Waals surface area contributed by atoms with E-state index in [-0.39, 0.29) is 5.97 Å². The molecule has 0 aromatic carbocycles. The highest BCUT2D eigenvalue weighted by Gasteiger charge is 2.22. The third-order valence-electron chi connectivity index (χ3n) is 3.29. The molecule has 0 aliphatic carbocycles. The van der Waals surface area contributed by atoms with Crippen LogP contribution in [-0.2, 0) is 4.74 Å². The third-order valence-corrected chi connectivity index (χ3v) is 4.22. The highest BCUT2D eigenvalue weighted by molar-refractivity contribution is 7.17.